The third kappa shape index (κ3) is 3.88. The van der Waals surface area contributed by atoms with Gasteiger partial charge in [0.2, 0.25) is 0 Å². The summed E-state index contributed by atoms with van der Waals surface area (Å²) in [5, 5.41) is 0. The van der Waals surface area contributed by atoms with Gasteiger partial charge in [-0.3, -0.25) is 18.8 Å². The molecule has 7 heteroatoms. The van der Waals surface area contributed by atoms with Crippen LogP contribution in [0.15, 0.2) is 46.2 Å². The molecule has 2 aromatic heterocycles. The molecule has 2 heterocycles. The van der Waals surface area contributed by atoms with Gasteiger partial charge >= 0.3 is 5.69 Å². The zero-order valence-corrected chi connectivity index (χ0v) is 16.4. The molecule has 1 aromatic carbocycles. The average molecular weight is 369 g/mol. The van der Waals surface area contributed by atoms with Crippen molar-refractivity contribution in [2.45, 2.75) is 39.4 Å². The van der Waals surface area contributed by atoms with Gasteiger partial charge in [0.1, 0.15) is 0 Å². The molecule has 0 unspecified atom stereocenters. The molecular formula is C20H27N5O2. The number of rotatable bonds is 7. The number of imidazole rings is 1. The highest BCUT2D eigenvalue weighted by Gasteiger charge is 2.15. The van der Waals surface area contributed by atoms with E-state index in [1.807, 2.05) is 10.6 Å². The first-order chi connectivity index (χ1) is 12.9. The first-order valence-electron chi connectivity index (χ1n) is 9.29. The van der Waals surface area contributed by atoms with Gasteiger partial charge in [-0.05, 0) is 25.8 Å². The fourth-order valence-electron chi connectivity index (χ4n) is 3.35. The Morgan fingerprint density at radius 1 is 1.07 bits per heavy atom. The van der Waals surface area contributed by atoms with Crippen LogP contribution in [-0.4, -0.2) is 36.2 Å². The molecule has 3 rings (SSSR count). The quantitative estimate of drug-likeness (QED) is 0.636. The SMILES string of the molecule is CC(C)N(CCCn1cnc2c1c(=O)n(C)c(=O)n2C)Cc1ccccc1. The lowest BCUT2D eigenvalue weighted by Gasteiger charge is -2.26. The van der Waals surface area contributed by atoms with Gasteiger partial charge in [-0.25, -0.2) is 9.78 Å². The van der Waals surface area contributed by atoms with Crippen molar-refractivity contribution in [2.24, 2.45) is 14.1 Å². The number of hydrogen-bond donors (Lipinski definition) is 0. The largest absolute Gasteiger partial charge is 0.332 e. The maximum atomic E-state index is 12.5. The zero-order valence-electron chi connectivity index (χ0n) is 16.4. The van der Waals surface area contributed by atoms with Crippen molar-refractivity contribution in [3.8, 4) is 0 Å². The lowest BCUT2D eigenvalue weighted by atomic mass is 10.2. The van der Waals surface area contributed by atoms with Gasteiger partial charge in [-0.2, -0.15) is 0 Å². The van der Waals surface area contributed by atoms with Crippen LogP contribution in [0, 0.1) is 0 Å². The molecule has 0 atom stereocenters. The second-order valence-corrected chi connectivity index (χ2v) is 7.22. The molecule has 0 saturated heterocycles. The topological polar surface area (TPSA) is 65.1 Å². The van der Waals surface area contributed by atoms with Gasteiger partial charge in [0.15, 0.2) is 11.2 Å². The molecule has 144 valence electrons. The van der Waals surface area contributed by atoms with Crippen molar-refractivity contribution in [3.05, 3.63) is 63.1 Å². The van der Waals surface area contributed by atoms with E-state index in [4.69, 9.17) is 0 Å². The maximum Gasteiger partial charge on any atom is 0.332 e. The normalized spacial score (nSPS) is 11.8. The fourth-order valence-corrected chi connectivity index (χ4v) is 3.35. The van der Waals surface area contributed by atoms with E-state index in [0.29, 0.717) is 23.8 Å². The third-order valence-corrected chi connectivity index (χ3v) is 5.02. The van der Waals surface area contributed by atoms with Crippen LogP contribution in [0.4, 0.5) is 0 Å². The Kier molecular flexibility index (Phi) is 5.60. The Morgan fingerprint density at radius 2 is 1.78 bits per heavy atom. The van der Waals surface area contributed by atoms with Crippen molar-refractivity contribution in [3.63, 3.8) is 0 Å². The average Bonchev–Trinajstić information content (AvgIpc) is 3.08. The second kappa shape index (κ2) is 7.92. The summed E-state index contributed by atoms with van der Waals surface area (Å²) < 4.78 is 4.41. The standard InChI is InChI=1S/C20H27N5O2/c1-15(2)24(13-16-9-6-5-7-10-16)11-8-12-25-14-21-18-17(25)19(26)23(4)20(27)22(18)3/h5-7,9-10,14-15H,8,11-13H2,1-4H3. The summed E-state index contributed by atoms with van der Waals surface area (Å²) in [6.07, 6.45) is 2.55. The van der Waals surface area contributed by atoms with E-state index in [0.717, 1.165) is 24.1 Å². The Hall–Kier alpha value is -2.67. The number of hydrogen-bond acceptors (Lipinski definition) is 4. The van der Waals surface area contributed by atoms with Crippen molar-refractivity contribution in [1.82, 2.24) is 23.6 Å². The van der Waals surface area contributed by atoms with Crippen LogP contribution in [0.5, 0.6) is 0 Å². The molecule has 0 saturated carbocycles. The van der Waals surface area contributed by atoms with Gasteiger partial charge in [-0.15, -0.1) is 0 Å². The van der Waals surface area contributed by atoms with Crippen LogP contribution in [-0.2, 0) is 27.2 Å². The van der Waals surface area contributed by atoms with Crippen LogP contribution in [0.1, 0.15) is 25.8 Å². The predicted molar refractivity (Wildman–Crippen MR) is 107 cm³/mol. The third-order valence-electron chi connectivity index (χ3n) is 5.02. The van der Waals surface area contributed by atoms with E-state index < -0.39 is 0 Å². The molecule has 3 aromatic rings. The van der Waals surface area contributed by atoms with Crippen molar-refractivity contribution < 1.29 is 0 Å². The number of benzene rings is 1. The lowest BCUT2D eigenvalue weighted by molar-refractivity contribution is 0.207. The van der Waals surface area contributed by atoms with Gasteiger partial charge in [-0.1, -0.05) is 30.3 Å². The molecule has 0 aliphatic rings. The monoisotopic (exact) mass is 369 g/mol. The van der Waals surface area contributed by atoms with Crippen molar-refractivity contribution in [1.29, 1.82) is 0 Å². The van der Waals surface area contributed by atoms with E-state index in [9.17, 15) is 9.59 Å². The van der Waals surface area contributed by atoms with Gasteiger partial charge in [0.05, 0.1) is 6.33 Å². The molecule has 7 nitrogen and oxygen atoms in total. The Morgan fingerprint density at radius 3 is 2.44 bits per heavy atom. The molecular weight excluding hydrogens is 342 g/mol. The molecule has 0 aliphatic carbocycles. The van der Waals surface area contributed by atoms with Crippen LogP contribution < -0.4 is 11.2 Å². The molecule has 0 spiro atoms. The van der Waals surface area contributed by atoms with Crippen molar-refractivity contribution >= 4 is 11.2 Å². The molecule has 0 radical (unpaired) electrons. The molecule has 27 heavy (non-hydrogen) atoms. The summed E-state index contributed by atoms with van der Waals surface area (Å²) in [5.74, 6) is 0. The summed E-state index contributed by atoms with van der Waals surface area (Å²) in [7, 11) is 3.14. The lowest BCUT2D eigenvalue weighted by Crippen LogP contribution is -2.37. The summed E-state index contributed by atoms with van der Waals surface area (Å²) >= 11 is 0. The van der Waals surface area contributed by atoms with E-state index in [2.05, 4.69) is 48.0 Å². The first-order valence-corrected chi connectivity index (χ1v) is 9.29. The summed E-state index contributed by atoms with van der Waals surface area (Å²) in [6, 6.07) is 10.9. The molecule has 0 bridgehead atoms. The highest BCUT2D eigenvalue weighted by molar-refractivity contribution is 5.69. The Balaban J connectivity index is 1.75. The number of aromatic nitrogens is 4. The van der Waals surface area contributed by atoms with Crippen LogP contribution in [0.2, 0.25) is 0 Å². The maximum absolute atomic E-state index is 12.5. The van der Waals surface area contributed by atoms with E-state index >= 15 is 0 Å². The minimum atomic E-state index is -0.355. The van der Waals surface area contributed by atoms with Crippen LogP contribution in [0.3, 0.4) is 0 Å². The smallest absolute Gasteiger partial charge is 0.325 e. The van der Waals surface area contributed by atoms with Gasteiger partial charge in [0.25, 0.3) is 5.56 Å². The summed E-state index contributed by atoms with van der Waals surface area (Å²) in [5.41, 5.74) is 1.57. The Bertz CT molecular complexity index is 1030. The minimum absolute atomic E-state index is 0.296. The fraction of sp³-hybridized carbons (Fsp3) is 0.450. The molecule has 0 amide bonds. The second-order valence-electron chi connectivity index (χ2n) is 7.22. The molecule has 0 aliphatic heterocycles. The van der Waals surface area contributed by atoms with E-state index in [1.165, 1.54) is 17.2 Å². The van der Waals surface area contributed by atoms with Crippen LogP contribution >= 0.6 is 0 Å². The summed E-state index contributed by atoms with van der Waals surface area (Å²) in [4.78, 5) is 31.2. The first kappa shape index (κ1) is 19.1. The zero-order chi connectivity index (χ0) is 19.6. The number of aryl methyl sites for hydroxylation is 2. The minimum Gasteiger partial charge on any atom is -0.325 e. The molecule has 0 fully saturated rings. The summed E-state index contributed by atoms with van der Waals surface area (Å²) in [6.45, 7) is 6.89. The van der Waals surface area contributed by atoms with Gasteiger partial charge < -0.3 is 4.57 Å². The van der Waals surface area contributed by atoms with Gasteiger partial charge in [0, 0.05) is 39.8 Å². The predicted octanol–water partition coefficient (Wildman–Crippen LogP) is 1.73. The van der Waals surface area contributed by atoms with Crippen molar-refractivity contribution in [2.75, 3.05) is 6.54 Å². The number of nitrogens with zero attached hydrogens (tertiary/aromatic N) is 5. The number of fused-ring (bicyclic) bond motifs is 1. The highest BCUT2D eigenvalue weighted by atomic mass is 16.2. The van der Waals surface area contributed by atoms with E-state index in [-0.39, 0.29) is 11.2 Å². The van der Waals surface area contributed by atoms with E-state index in [1.54, 1.807) is 13.4 Å². The Labute approximate surface area is 158 Å². The molecule has 0 N–H and O–H groups in total. The van der Waals surface area contributed by atoms with Crippen LogP contribution in [0.25, 0.3) is 11.2 Å². The highest BCUT2D eigenvalue weighted by Crippen LogP contribution is 2.11.